The van der Waals surface area contributed by atoms with Crippen LogP contribution in [-0.2, 0) is 7.05 Å². The molecule has 0 aliphatic heterocycles. The molecule has 0 saturated heterocycles. The maximum Gasteiger partial charge on any atom is 0.269 e. The van der Waals surface area contributed by atoms with Gasteiger partial charge in [0.05, 0.1) is 9.99 Å². The number of fused-ring (bicyclic) bond motifs is 1. The largest absolute Gasteiger partial charge is 0.364 e. The van der Waals surface area contributed by atoms with Gasteiger partial charge in [-0.2, -0.15) is 5.10 Å². The van der Waals surface area contributed by atoms with Crippen molar-refractivity contribution < 1.29 is 4.79 Å². The Balaban J connectivity index is 2.91. The second-order valence-electron chi connectivity index (χ2n) is 2.89. The molecule has 4 nitrogen and oxygen atoms in total. The molecule has 0 bridgehead atoms. The van der Waals surface area contributed by atoms with Crippen LogP contribution < -0.4 is 5.73 Å². The average molecular weight is 253 g/mol. The van der Waals surface area contributed by atoms with E-state index >= 15 is 0 Å². The lowest BCUT2D eigenvalue weighted by molar-refractivity contribution is 0.0996. The number of carbonyl (C=O) groups is 1. The zero-order valence-electron chi connectivity index (χ0n) is 7.41. The first-order valence-electron chi connectivity index (χ1n) is 3.94. The number of amides is 1. The SMILES string of the molecule is Cn1nc(C(N)=O)c2cc[c]c(Br)c21. The molecule has 5 heteroatoms. The molecular weight excluding hydrogens is 246 g/mol. The molecule has 0 fully saturated rings. The first kappa shape index (κ1) is 9.21. The first-order valence-corrected chi connectivity index (χ1v) is 4.73. The number of hydrogen-bond acceptors (Lipinski definition) is 2. The average Bonchev–Trinajstić information content (AvgIpc) is 2.45. The van der Waals surface area contributed by atoms with Gasteiger partial charge in [-0.05, 0) is 28.1 Å². The van der Waals surface area contributed by atoms with E-state index in [0.29, 0.717) is 0 Å². The first-order chi connectivity index (χ1) is 6.61. The molecule has 0 spiro atoms. The minimum Gasteiger partial charge on any atom is -0.364 e. The number of hydrogen-bond donors (Lipinski definition) is 1. The lowest BCUT2D eigenvalue weighted by Crippen LogP contribution is -2.12. The summed E-state index contributed by atoms with van der Waals surface area (Å²) in [7, 11) is 1.76. The lowest BCUT2D eigenvalue weighted by Gasteiger charge is -1.95. The molecule has 71 valence electrons. The molecule has 0 unspecified atom stereocenters. The van der Waals surface area contributed by atoms with Crippen molar-refractivity contribution in [1.82, 2.24) is 9.78 Å². The second-order valence-corrected chi connectivity index (χ2v) is 3.68. The van der Waals surface area contributed by atoms with Gasteiger partial charge in [-0.25, -0.2) is 0 Å². The Kier molecular flexibility index (Phi) is 2.03. The predicted octanol–water partition coefficient (Wildman–Crippen LogP) is 1.23. The van der Waals surface area contributed by atoms with Crippen LogP contribution in [0.15, 0.2) is 16.6 Å². The van der Waals surface area contributed by atoms with Crippen LogP contribution in [0.25, 0.3) is 10.9 Å². The number of benzene rings is 1. The van der Waals surface area contributed by atoms with Crippen molar-refractivity contribution >= 4 is 32.7 Å². The molecule has 0 aliphatic carbocycles. The number of rotatable bonds is 1. The summed E-state index contributed by atoms with van der Waals surface area (Å²) in [6.07, 6.45) is 0. The van der Waals surface area contributed by atoms with Gasteiger partial charge >= 0.3 is 0 Å². The van der Waals surface area contributed by atoms with E-state index in [1.807, 2.05) is 0 Å². The van der Waals surface area contributed by atoms with Crippen molar-refractivity contribution in [3.8, 4) is 0 Å². The summed E-state index contributed by atoms with van der Waals surface area (Å²) in [6, 6.07) is 6.46. The van der Waals surface area contributed by atoms with Crippen LogP contribution in [0.5, 0.6) is 0 Å². The number of nitrogens with two attached hydrogens (primary N) is 1. The van der Waals surface area contributed by atoms with Crippen LogP contribution in [0.4, 0.5) is 0 Å². The summed E-state index contributed by atoms with van der Waals surface area (Å²) in [4.78, 5) is 11.1. The number of aryl methyl sites for hydroxylation is 1. The normalized spacial score (nSPS) is 10.7. The highest BCUT2D eigenvalue weighted by atomic mass is 79.9. The molecule has 2 aromatic rings. The maximum absolute atomic E-state index is 11.1. The van der Waals surface area contributed by atoms with Crippen molar-refractivity contribution in [1.29, 1.82) is 0 Å². The third kappa shape index (κ3) is 1.21. The van der Waals surface area contributed by atoms with E-state index < -0.39 is 5.91 Å². The molecule has 14 heavy (non-hydrogen) atoms. The molecule has 0 aliphatic rings. The fourth-order valence-electron chi connectivity index (χ4n) is 1.41. The Hall–Kier alpha value is -1.36. The molecule has 1 amide bonds. The fourth-order valence-corrected chi connectivity index (χ4v) is 2.01. The molecule has 1 radical (unpaired) electrons. The van der Waals surface area contributed by atoms with E-state index in [9.17, 15) is 4.79 Å². The monoisotopic (exact) mass is 252 g/mol. The number of halogens is 1. The van der Waals surface area contributed by atoms with Crippen LogP contribution >= 0.6 is 15.9 Å². The Morgan fingerprint density at radius 3 is 3.07 bits per heavy atom. The minimum atomic E-state index is -0.520. The zero-order chi connectivity index (χ0) is 10.3. The van der Waals surface area contributed by atoms with E-state index in [1.165, 1.54) is 0 Å². The third-order valence-corrected chi connectivity index (χ3v) is 2.59. The Morgan fingerprint density at radius 1 is 1.71 bits per heavy atom. The van der Waals surface area contributed by atoms with Crippen LogP contribution in [0.1, 0.15) is 10.5 Å². The van der Waals surface area contributed by atoms with Crippen LogP contribution in [0, 0.1) is 6.07 Å². The Labute approximate surface area is 88.8 Å². The standard InChI is InChI=1S/C9H7BrN3O/c1-13-8-5(3-2-4-6(8)10)7(12-13)9(11)14/h2-3H,1H3,(H2,11,14). The van der Waals surface area contributed by atoms with Crippen LogP contribution in [0.2, 0.25) is 0 Å². The topological polar surface area (TPSA) is 60.9 Å². The molecule has 1 aromatic carbocycles. The number of carbonyl (C=O) groups excluding carboxylic acids is 1. The Morgan fingerprint density at radius 2 is 2.43 bits per heavy atom. The predicted molar refractivity (Wildman–Crippen MR) is 55.8 cm³/mol. The van der Waals surface area contributed by atoms with Crippen molar-refractivity contribution in [3.05, 3.63) is 28.4 Å². The molecule has 1 aromatic heterocycles. The van der Waals surface area contributed by atoms with Crippen molar-refractivity contribution in [2.75, 3.05) is 0 Å². The number of primary amides is 1. The van der Waals surface area contributed by atoms with E-state index in [-0.39, 0.29) is 5.69 Å². The Bertz CT molecular complexity index is 518. The maximum atomic E-state index is 11.1. The molecule has 2 N–H and O–H groups in total. The van der Waals surface area contributed by atoms with E-state index in [0.717, 1.165) is 15.4 Å². The minimum absolute atomic E-state index is 0.289. The highest BCUT2D eigenvalue weighted by Gasteiger charge is 2.14. The molecule has 0 saturated carbocycles. The number of nitrogens with zero attached hydrogens (tertiary/aromatic N) is 2. The van der Waals surface area contributed by atoms with E-state index in [2.05, 4.69) is 27.1 Å². The van der Waals surface area contributed by atoms with Crippen molar-refractivity contribution in [2.24, 2.45) is 12.8 Å². The third-order valence-electron chi connectivity index (χ3n) is 1.99. The quantitative estimate of drug-likeness (QED) is 0.830. The van der Waals surface area contributed by atoms with Gasteiger partial charge in [-0.1, -0.05) is 6.07 Å². The fraction of sp³-hybridized carbons (Fsp3) is 0.111. The van der Waals surface area contributed by atoms with Crippen molar-refractivity contribution in [2.45, 2.75) is 0 Å². The van der Waals surface area contributed by atoms with Gasteiger partial charge in [0.2, 0.25) is 0 Å². The smallest absolute Gasteiger partial charge is 0.269 e. The highest BCUT2D eigenvalue weighted by molar-refractivity contribution is 9.10. The van der Waals surface area contributed by atoms with Gasteiger partial charge in [-0.15, -0.1) is 0 Å². The summed E-state index contributed by atoms with van der Waals surface area (Å²) in [5.41, 5.74) is 6.31. The van der Waals surface area contributed by atoms with Gasteiger partial charge in [-0.3, -0.25) is 9.48 Å². The van der Waals surface area contributed by atoms with Gasteiger partial charge in [0.1, 0.15) is 0 Å². The lowest BCUT2D eigenvalue weighted by atomic mass is 10.2. The summed E-state index contributed by atoms with van der Waals surface area (Å²) in [5, 5.41) is 4.78. The van der Waals surface area contributed by atoms with E-state index in [1.54, 1.807) is 23.9 Å². The van der Waals surface area contributed by atoms with Gasteiger partial charge < -0.3 is 5.73 Å². The van der Waals surface area contributed by atoms with Gasteiger partial charge in [0.15, 0.2) is 5.69 Å². The van der Waals surface area contributed by atoms with Crippen LogP contribution in [-0.4, -0.2) is 15.7 Å². The molecular formula is C9H7BrN3O. The summed E-state index contributed by atoms with van der Waals surface area (Å²) >= 11 is 3.34. The van der Waals surface area contributed by atoms with E-state index in [4.69, 9.17) is 5.73 Å². The molecule has 0 atom stereocenters. The summed E-state index contributed by atoms with van der Waals surface area (Å²) < 4.78 is 2.38. The molecule has 2 rings (SSSR count). The summed E-state index contributed by atoms with van der Waals surface area (Å²) in [6.45, 7) is 0. The molecule has 1 heterocycles. The summed E-state index contributed by atoms with van der Waals surface area (Å²) in [5.74, 6) is -0.520. The van der Waals surface area contributed by atoms with Gasteiger partial charge in [0, 0.05) is 12.4 Å². The zero-order valence-corrected chi connectivity index (χ0v) is 9.00. The second kappa shape index (κ2) is 3.09. The highest BCUT2D eigenvalue weighted by Crippen LogP contribution is 2.24. The van der Waals surface area contributed by atoms with Gasteiger partial charge in [0.25, 0.3) is 5.91 Å². The van der Waals surface area contributed by atoms with Crippen LogP contribution in [0.3, 0.4) is 0 Å². The number of aromatic nitrogens is 2. The van der Waals surface area contributed by atoms with Crippen molar-refractivity contribution in [3.63, 3.8) is 0 Å².